The molecule has 0 radical (unpaired) electrons. The third kappa shape index (κ3) is 2.98. The van der Waals surface area contributed by atoms with Crippen LogP contribution in [0.5, 0.6) is 0 Å². The van der Waals surface area contributed by atoms with Crippen LogP contribution in [-0.4, -0.2) is 37.4 Å². The van der Waals surface area contributed by atoms with Crippen LogP contribution < -0.4 is 4.90 Å². The van der Waals surface area contributed by atoms with E-state index in [1.807, 2.05) is 13.0 Å². The minimum Gasteiger partial charge on any atom is -0.288 e. The number of amides is 1. The van der Waals surface area contributed by atoms with E-state index in [0.29, 0.717) is 23.1 Å². The summed E-state index contributed by atoms with van der Waals surface area (Å²) in [5.41, 5.74) is 0.748. The van der Waals surface area contributed by atoms with Crippen molar-refractivity contribution in [1.82, 2.24) is 4.98 Å². The highest BCUT2D eigenvalue weighted by atomic mass is 35.5. The maximum Gasteiger partial charge on any atom is 0.232 e. The van der Waals surface area contributed by atoms with Gasteiger partial charge in [0.15, 0.2) is 15.0 Å². The summed E-state index contributed by atoms with van der Waals surface area (Å²) in [6.45, 7) is 2.32. The molecule has 1 atom stereocenters. The minimum atomic E-state index is -3.08. The zero-order valence-corrected chi connectivity index (χ0v) is 14.3. The van der Waals surface area contributed by atoms with Crippen LogP contribution in [0.25, 0.3) is 10.2 Å². The fourth-order valence-corrected chi connectivity index (χ4v) is 5.51. The van der Waals surface area contributed by atoms with E-state index in [2.05, 4.69) is 4.98 Å². The predicted molar refractivity (Wildman–Crippen MR) is 89.4 cm³/mol. The molecule has 2 aromatic rings. The smallest absolute Gasteiger partial charge is 0.232 e. The molecular weight excluding hydrogens is 344 g/mol. The molecule has 1 aromatic carbocycles. The molecule has 1 fully saturated rings. The largest absolute Gasteiger partial charge is 0.288 e. The van der Waals surface area contributed by atoms with Crippen LogP contribution in [0.1, 0.15) is 13.3 Å². The van der Waals surface area contributed by atoms with E-state index >= 15 is 0 Å². The predicted octanol–water partition coefficient (Wildman–Crippen LogP) is 2.74. The molecule has 0 aliphatic carbocycles. The normalized spacial score (nSPS) is 20.4. The van der Waals surface area contributed by atoms with Gasteiger partial charge < -0.3 is 0 Å². The molecule has 0 spiro atoms. The summed E-state index contributed by atoms with van der Waals surface area (Å²) in [5, 5.41) is 1.19. The van der Waals surface area contributed by atoms with Gasteiger partial charge in [0, 0.05) is 11.6 Å². The van der Waals surface area contributed by atoms with Crippen LogP contribution in [0.3, 0.4) is 0 Å². The highest BCUT2D eigenvalue weighted by molar-refractivity contribution is 7.91. The molecule has 0 N–H and O–H groups in total. The van der Waals surface area contributed by atoms with Gasteiger partial charge in [0.05, 0.1) is 27.6 Å². The van der Waals surface area contributed by atoms with Crippen LogP contribution in [0.4, 0.5) is 5.13 Å². The Balaban J connectivity index is 1.90. The number of aromatic nitrogens is 1. The van der Waals surface area contributed by atoms with E-state index in [1.54, 1.807) is 17.0 Å². The van der Waals surface area contributed by atoms with Crippen molar-refractivity contribution in [2.75, 3.05) is 23.0 Å². The number of sulfone groups is 1. The summed E-state index contributed by atoms with van der Waals surface area (Å²) in [5.74, 6) is -0.579. The molecule has 118 valence electrons. The Morgan fingerprint density at radius 3 is 2.91 bits per heavy atom. The molecule has 8 heteroatoms. The quantitative estimate of drug-likeness (QED) is 0.846. The minimum absolute atomic E-state index is 0.0565. The lowest BCUT2D eigenvalue weighted by molar-refractivity contribution is -0.121. The van der Waals surface area contributed by atoms with E-state index < -0.39 is 15.8 Å². The summed E-state index contributed by atoms with van der Waals surface area (Å²) >= 11 is 7.37. The number of carbonyl (C=O) groups is 1. The molecule has 3 rings (SSSR count). The number of benzene rings is 1. The Labute approximate surface area is 137 Å². The Kier molecular flexibility index (Phi) is 4.13. The molecule has 2 heterocycles. The standard InChI is InChI=1S/C14H15ClN2O3S2/c1-2-17(13(18)9-5-6-22(19,20)8-9)14-16-11-7-10(15)3-4-12(11)21-14/h3-4,7,9H,2,5-6,8H2,1H3/t9-/m1/s1. The number of carbonyl (C=O) groups excluding carboxylic acids is 1. The van der Waals surface area contributed by atoms with Crippen molar-refractivity contribution in [3.05, 3.63) is 23.2 Å². The van der Waals surface area contributed by atoms with Crippen molar-refractivity contribution in [3.8, 4) is 0 Å². The van der Waals surface area contributed by atoms with Gasteiger partial charge in [-0.15, -0.1) is 0 Å². The summed E-state index contributed by atoms with van der Waals surface area (Å²) < 4.78 is 24.1. The Hall–Kier alpha value is -1.18. The number of hydrogen-bond donors (Lipinski definition) is 0. The van der Waals surface area contributed by atoms with Crippen LogP contribution >= 0.6 is 22.9 Å². The second-order valence-electron chi connectivity index (χ2n) is 5.29. The summed E-state index contributed by atoms with van der Waals surface area (Å²) in [6.07, 6.45) is 0.397. The van der Waals surface area contributed by atoms with Gasteiger partial charge in [0.2, 0.25) is 5.91 Å². The molecular formula is C14H15ClN2O3S2. The number of halogens is 1. The van der Waals surface area contributed by atoms with Crippen LogP contribution in [-0.2, 0) is 14.6 Å². The third-order valence-electron chi connectivity index (χ3n) is 3.73. The van der Waals surface area contributed by atoms with Crippen molar-refractivity contribution in [2.45, 2.75) is 13.3 Å². The first-order valence-corrected chi connectivity index (χ1v) is 9.99. The van der Waals surface area contributed by atoms with E-state index in [4.69, 9.17) is 11.6 Å². The van der Waals surface area contributed by atoms with Crippen molar-refractivity contribution < 1.29 is 13.2 Å². The average Bonchev–Trinajstić information content (AvgIpc) is 3.02. The number of nitrogens with zero attached hydrogens (tertiary/aromatic N) is 2. The Morgan fingerprint density at radius 2 is 2.27 bits per heavy atom. The highest BCUT2D eigenvalue weighted by Crippen LogP contribution is 2.32. The highest BCUT2D eigenvalue weighted by Gasteiger charge is 2.36. The van der Waals surface area contributed by atoms with Gasteiger partial charge >= 0.3 is 0 Å². The molecule has 1 aromatic heterocycles. The van der Waals surface area contributed by atoms with Crippen molar-refractivity contribution >= 4 is 54.0 Å². The number of fused-ring (bicyclic) bond motifs is 1. The second-order valence-corrected chi connectivity index (χ2v) is 8.97. The summed E-state index contributed by atoms with van der Waals surface area (Å²) in [7, 11) is -3.08. The first kappa shape index (κ1) is 15.7. The lowest BCUT2D eigenvalue weighted by atomic mass is 10.1. The molecule has 1 amide bonds. The third-order valence-corrected chi connectivity index (χ3v) is 6.80. The van der Waals surface area contributed by atoms with Gasteiger partial charge in [0.1, 0.15) is 0 Å². The maximum atomic E-state index is 12.6. The zero-order valence-electron chi connectivity index (χ0n) is 12.0. The number of thiazole rings is 1. The first-order chi connectivity index (χ1) is 10.4. The van der Waals surface area contributed by atoms with Gasteiger partial charge in [-0.05, 0) is 31.5 Å². The molecule has 5 nitrogen and oxygen atoms in total. The lowest BCUT2D eigenvalue weighted by Gasteiger charge is -2.20. The molecule has 1 aliphatic heterocycles. The summed E-state index contributed by atoms with van der Waals surface area (Å²) in [6, 6.07) is 5.42. The second kappa shape index (κ2) is 5.79. The molecule has 0 unspecified atom stereocenters. The van der Waals surface area contributed by atoms with E-state index in [0.717, 1.165) is 10.2 Å². The lowest BCUT2D eigenvalue weighted by Crippen LogP contribution is -2.36. The fraction of sp³-hybridized carbons (Fsp3) is 0.429. The van der Waals surface area contributed by atoms with Crippen LogP contribution in [0, 0.1) is 5.92 Å². The number of anilines is 1. The van der Waals surface area contributed by atoms with Gasteiger partial charge in [-0.25, -0.2) is 13.4 Å². The maximum absolute atomic E-state index is 12.6. The molecule has 1 saturated heterocycles. The Morgan fingerprint density at radius 1 is 1.50 bits per heavy atom. The van der Waals surface area contributed by atoms with Crippen molar-refractivity contribution in [2.24, 2.45) is 5.92 Å². The van der Waals surface area contributed by atoms with Crippen molar-refractivity contribution in [3.63, 3.8) is 0 Å². The van der Waals surface area contributed by atoms with E-state index in [9.17, 15) is 13.2 Å². The van der Waals surface area contributed by atoms with Gasteiger partial charge in [0.25, 0.3) is 0 Å². The molecule has 1 aliphatic rings. The van der Waals surface area contributed by atoms with Crippen LogP contribution in [0.2, 0.25) is 5.02 Å². The summed E-state index contributed by atoms with van der Waals surface area (Å²) in [4.78, 5) is 18.6. The topological polar surface area (TPSA) is 67.3 Å². The SMILES string of the molecule is CCN(C(=O)[C@@H]1CCS(=O)(=O)C1)c1nc2cc(Cl)ccc2s1. The van der Waals surface area contributed by atoms with Gasteiger partial charge in [-0.2, -0.15) is 0 Å². The van der Waals surface area contributed by atoms with Gasteiger partial charge in [-0.1, -0.05) is 22.9 Å². The van der Waals surface area contributed by atoms with Crippen LogP contribution in [0.15, 0.2) is 18.2 Å². The van der Waals surface area contributed by atoms with Gasteiger partial charge in [-0.3, -0.25) is 9.69 Å². The molecule has 0 bridgehead atoms. The zero-order chi connectivity index (χ0) is 15.9. The van der Waals surface area contributed by atoms with E-state index in [1.165, 1.54) is 11.3 Å². The fourth-order valence-electron chi connectivity index (χ4n) is 2.60. The van der Waals surface area contributed by atoms with E-state index in [-0.39, 0.29) is 17.4 Å². The average molecular weight is 359 g/mol. The number of hydrogen-bond acceptors (Lipinski definition) is 5. The molecule has 22 heavy (non-hydrogen) atoms. The number of rotatable bonds is 3. The molecule has 0 saturated carbocycles. The first-order valence-electron chi connectivity index (χ1n) is 6.97. The van der Waals surface area contributed by atoms with Crippen molar-refractivity contribution in [1.29, 1.82) is 0 Å². The monoisotopic (exact) mass is 358 g/mol. The Bertz CT molecular complexity index is 832.